The van der Waals surface area contributed by atoms with Crippen molar-refractivity contribution in [2.75, 3.05) is 12.4 Å². The number of carbonyl (C=O) groups excluding carboxylic acids is 1. The van der Waals surface area contributed by atoms with E-state index in [4.69, 9.17) is 4.74 Å². The van der Waals surface area contributed by atoms with E-state index in [-0.39, 0.29) is 5.91 Å². The van der Waals surface area contributed by atoms with Crippen LogP contribution in [0.3, 0.4) is 0 Å². The zero-order chi connectivity index (χ0) is 18.1. The van der Waals surface area contributed by atoms with Crippen molar-refractivity contribution >= 4 is 22.5 Å². The number of ether oxygens (including phenoxy) is 1. The number of methoxy groups -OCH3 is 1. The van der Waals surface area contributed by atoms with E-state index in [1.165, 1.54) is 7.11 Å². The molecule has 2 aromatic heterocycles. The van der Waals surface area contributed by atoms with Crippen molar-refractivity contribution < 1.29 is 9.53 Å². The first-order valence-electron chi connectivity index (χ1n) is 7.67. The summed E-state index contributed by atoms with van der Waals surface area (Å²) in [5, 5.41) is 19.7. The van der Waals surface area contributed by atoms with Gasteiger partial charge in [0.15, 0.2) is 0 Å². The molecule has 0 aliphatic carbocycles. The van der Waals surface area contributed by atoms with E-state index in [9.17, 15) is 10.1 Å². The minimum atomic E-state index is -0.324. The average Bonchev–Trinajstić information content (AvgIpc) is 3.00. The Bertz CT molecular complexity index is 1030. The molecule has 0 saturated heterocycles. The number of anilines is 1. The molecule has 126 valence electrons. The molecule has 7 nitrogen and oxygen atoms in total. The normalized spacial score (nSPS) is 10.5. The third kappa shape index (κ3) is 2.78. The van der Waals surface area contributed by atoms with Crippen molar-refractivity contribution in [2.45, 2.75) is 20.8 Å². The Hall–Kier alpha value is -3.40. The minimum Gasteiger partial charge on any atom is -0.480 e. The van der Waals surface area contributed by atoms with Gasteiger partial charge in [-0.05, 0) is 50.1 Å². The summed E-state index contributed by atoms with van der Waals surface area (Å²) in [6.07, 6.45) is 0. The van der Waals surface area contributed by atoms with Gasteiger partial charge in [-0.25, -0.2) is 4.98 Å². The summed E-state index contributed by atoms with van der Waals surface area (Å²) in [5.41, 5.74) is 4.26. The van der Waals surface area contributed by atoms with Crippen LogP contribution in [0.2, 0.25) is 0 Å². The van der Waals surface area contributed by atoms with Gasteiger partial charge in [0.1, 0.15) is 11.8 Å². The fourth-order valence-electron chi connectivity index (χ4n) is 2.74. The van der Waals surface area contributed by atoms with E-state index in [1.807, 2.05) is 13.0 Å². The number of fused-ring (bicyclic) bond motifs is 1. The summed E-state index contributed by atoms with van der Waals surface area (Å²) in [5.74, 6) is 0.139. The molecule has 0 fully saturated rings. The Labute approximate surface area is 144 Å². The molecule has 3 rings (SSSR count). The number of rotatable bonds is 3. The standard InChI is InChI=1S/C18H17N5O2/c1-9-10(2)16(20-11(3)14(9)8-19)17(24)21-12-5-6-15-13(7-12)18(25-4)23-22-15/h5-7H,1-4H3,(H,21,24)(H,22,23). The second-order valence-electron chi connectivity index (χ2n) is 5.73. The summed E-state index contributed by atoms with van der Waals surface area (Å²) in [4.78, 5) is 17.0. The number of nitrogens with one attached hydrogen (secondary N) is 2. The summed E-state index contributed by atoms with van der Waals surface area (Å²) >= 11 is 0. The van der Waals surface area contributed by atoms with Crippen molar-refractivity contribution in [3.8, 4) is 11.9 Å². The zero-order valence-electron chi connectivity index (χ0n) is 14.4. The zero-order valence-corrected chi connectivity index (χ0v) is 14.4. The van der Waals surface area contributed by atoms with Gasteiger partial charge in [0.25, 0.3) is 5.91 Å². The molecule has 0 spiro atoms. The first-order chi connectivity index (χ1) is 12.0. The summed E-state index contributed by atoms with van der Waals surface area (Å²) in [6, 6.07) is 7.51. The van der Waals surface area contributed by atoms with Gasteiger partial charge in [0, 0.05) is 5.69 Å². The lowest BCUT2D eigenvalue weighted by Gasteiger charge is -2.12. The monoisotopic (exact) mass is 335 g/mol. The highest BCUT2D eigenvalue weighted by atomic mass is 16.5. The van der Waals surface area contributed by atoms with Crippen LogP contribution in [-0.2, 0) is 0 Å². The van der Waals surface area contributed by atoms with Crippen molar-refractivity contribution in [1.29, 1.82) is 5.26 Å². The van der Waals surface area contributed by atoms with Gasteiger partial charge in [0.2, 0.25) is 5.88 Å². The molecule has 0 aliphatic heterocycles. The van der Waals surface area contributed by atoms with Crippen LogP contribution < -0.4 is 10.1 Å². The van der Waals surface area contributed by atoms with Crippen LogP contribution in [0, 0.1) is 32.1 Å². The van der Waals surface area contributed by atoms with Gasteiger partial charge in [-0.1, -0.05) is 0 Å². The smallest absolute Gasteiger partial charge is 0.274 e. The van der Waals surface area contributed by atoms with Crippen molar-refractivity contribution in [1.82, 2.24) is 15.2 Å². The van der Waals surface area contributed by atoms with Gasteiger partial charge in [0.05, 0.1) is 29.3 Å². The molecule has 0 radical (unpaired) electrons. The number of benzene rings is 1. The van der Waals surface area contributed by atoms with Crippen LogP contribution >= 0.6 is 0 Å². The molecule has 3 aromatic rings. The predicted molar refractivity (Wildman–Crippen MR) is 93.8 cm³/mol. The van der Waals surface area contributed by atoms with Crippen LogP contribution in [0.15, 0.2) is 18.2 Å². The fourth-order valence-corrected chi connectivity index (χ4v) is 2.74. The molecule has 0 bridgehead atoms. The molecule has 0 unspecified atom stereocenters. The molecule has 2 heterocycles. The predicted octanol–water partition coefficient (Wildman–Crippen LogP) is 3.02. The van der Waals surface area contributed by atoms with E-state index in [0.29, 0.717) is 34.1 Å². The quantitative estimate of drug-likeness (QED) is 0.765. The van der Waals surface area contributed by atoms with Crippen LogP contribution in [-0.4, -0.2) is 28.2 Å². The highest BCUT2D eigenvalue weighted by molar-refractivity contribution is 6.05. The van der Waals surface area contributed by atoms with E-state index in [1.54, 1.807) is 26.0 Å². The maximum Gasteiger partial charge on any atom is 0.274 e. The number of aryl methyl sites for hydroxylation is 1. The van der Waals surface area contributed by atoms with Gasteiger partial charge in [-0.3, -0.25) is 9.89 Å². The molecule has 0 atom stereocenters. The van der Waals surface area contributed by atoms with Gasteiger partial charge < -0.3 is 10.1 Å². The summed E-state index contributed by atoms with van der Waals surface area (Å²) in [6.45, 7) is 5.34. The maximum absolute atomic E-state index is 12.7. The third-order valence-electron chi connectivity index (χ3n) is 4.24. The Morgan fingerprint density at radius 2 is 2.04 bits per heavy atom. The third-order valence-corrected chi connectivity index (χ3v) is 4.24. The van der Waals surface area contributed by atoms with E-state index in [2.05, 4.69) is 26.6 Å². The van der Waals surface area contributed by atoms with Gasteiger partial charge in [-0.2, -0.15) is 5.26 Å². The second kappa shape index (κ2) is 6.24. The number of amides is 1. The second-order valence-corrected chi connectivity index (χ2v) is 5.73. The lowest BCUT2D eigenvalue weighted by Crippen LogP contribution is -2.17. The highest BCUT2D eigenvalue weighted by Crippen LogP contribution is 2.26. The Morgan fingerprint density at radius 1 is 1.28 bits per heavy atom. The van der Waals surface area contributed by atoms with Crippen molar-refractivity contribution in [2.24, 2.45) is 0 Å². The molecule has 25 heavy (non-hydrogen) atoms. The Balaban J connectivity index is 1.97. The molecule has 0 aliphatic rings. The Kier molecular flexibility index (Phi) is 4.11. The first-order valence-corrected chi connectivity index (χ1v) is 7.67. The molecular weight excluding hydrogens is 318 g/mol. The highest BCUT2D eigenvalue weighted by Gasteiger charge is 2.18. The minimum absolute atomic E-state index is 0.313. The molecule has 7 heteroatoms. The SMILES string of the molecule is COc1n[nH]c2ccc(NC(=O)c3nc(C)c(C#N)c(C)c3C)cc12. The van der Waals surface area contributed by atoms with Crippen LogP contribution in [0.5, 0.6) is 5.88 Å². The Morgan fingerprint density at radius 3 is 2.72 bits per heavy atom. The molecular formula is C18H17N5O2. The van der Waals surface area contributed by atoms with Crippen molar-refractivity contribution in [3.05, 3.63) is 46.3 Å². The van der Waals surface area contributed by atoms with Crippen LogP contribution in [0.1, 0.15) is 32.9 Å². The number of pyridine rings is 1. The van der Waals surface area contributed by atoms with Crippen LogP contribution in [0.4, 0.5) is 5.69 Å². The van der Waals surface area contributed by atoms with E-state index < -0.39 is 0 Å². The topological polar surface area (TPSA) is 104 Å². The van der Waals surface area contributed by atoms with Crippen LogP contribution in [0.25, 0.3) is 10.9 Å². The number of hydrogen-bond acceptors (Lipinski definition) is 5. The lowest BCUT2D eigenvalue weighted by molar-refractivity contribution is 0.102. The number of nitrogens with zero attached hydrogens (tertiary/aromatic N) is 3. The number of aromatic nitrogens is 3. The first kappa shape index (κ1) is 16.5. The van der Waals surface area contributed by atoms with Gasteiger partial charge >= 0.3 is 0 Å². The average molecular weight is 335 g/mol. The molecule has 1 amide bonds. The molecule has 1 aromatic carbocycles. The molecule has 0 saturated carbocycles. The number of H-pyrrole nitrogens is 1. The number of hydrogen-bond donors (Lipinski definition) is 2. The van der Waals surface area contributed by atoms with Crippen molar-refractivity contribution in [3.63, 3.8) is 0 Å². The van der Waals surface area contributed by atoms with Gasteiger partial charge in [-0.15, -0.1) is 5.10 Å². The number of aromatic amines is 1. The lowest BCUT2D eigenvalue weighted by atomic mass is 10.0. The van der Waals surface area contributed by atoms with E-state index in [0.717, 1.165) is 16.5 Å². The summed E-state index contributed by atoms with van der Waals surface area (Å²) in [7, 11) is 1.54. The number of nitriles is 1. The summed E-state index contributed by atoms with van der Waals surface area (Å²) < 4.78 is 5.19. The largest absolute Gasteiger partial charge is 0.480 e. The molecule has 2 N–H and O–H groups in total. The fraction of sp³-hybridized carbons (Fsp3) is 0.222. The number of carbonyl (C=O) groups is 1. The maximum atomic E-state index is 12.7. The van der Waals surface area contributed by atoms with E-state index >= 15 is 0 Å².